The maximum absolute atomic E-state index is 13.7. The number of carbonyl (C=O) groups excluding carboxylic acids is 1. The number of aromatic nitrogens is 5. The van der Waals surface area contributed by atoms with Gasteiger partial charge in [0, 0.05) is 25.4 Å². The number of alkyl halides is 2. The molecule has 7 nitrogen and oxygen atoms in total. The van der Waals surface area contributed by atoms with Crippen molar-refractivity contribution in [3.63, 3.8) is 0 Å². The molecule has 1 aromatic carbocycles. The largest absolute Gasteiger partial charge is 0.336 e. The minimum absolute atomic E-state index is 0.00747. The van der Waals surface area contributed by atoms with Crippen molar-refractivity contribution in [3.05, 3.63) is 71.6 Å². The second-order valence-corrected chi connectivity index (χ2v) is 6.99. The Bertz CT molecular complexity index is 1230. The van der Waals surface area contributed by atoms with Crippen molar-refractivity contribution in [3.8, 4) is 11.3 Å². The Hall–Kier alpha value is -3.69. The van der Waals surface area contributed by atoms with Crippen LogP contribution < -0.4 is 0 Å². The van der Waals surface area contributed by atoms with Crippen LogP contribution in [0.2, 0.25) is 0 Å². The molecule has 0 fully saturated rings. The Morgan fingerprint density at radius 1 is 1.19 bits per heavy atom. The van der Waals surface area contributed by atoms with Crippen LogP contribution in [0.3, 0.4) is 0 Å². The highest BCUT2D eigenvalue weighted by molar-refractivity contribution is 5.99. The molecule has 4 rings (SSSR count). The number of hydrogen-bond acceptors (Lipinski definition) is 4. The van der Waals surface area contributed by atoms with Crippen LogP contribution in [0.25, 0.3) is 16.9 Å². The second-order valence-electron chi connectivity index (χ2n) is 6.99. The highest BCUT2D eigenvalue weighted by Crippen LogP contribution is 2.27. The summed E-state index contributed by atoms with van der Waals surface area (Å²) in [5.74, 6) is -0.878. The molecule has 0 N–H and O–H groups in total. The number of fused-ring (bicyclic) bond motifs is 1. The van der Waals surface area contributed by atoms with Gasteiger partial charge in [-0.2, -0.15) is 10.2 Å². The van der Waals surface area contributed by atoms with Crippen molar-refractivity contribution in [2.75, 3.05) is 7.05 Å². The fourth-order valence-electron chi connectivity index (χ4n) is 3.25. The number of amides is 1. The molecule has 1 amide bonds. The predicted molar refractivity (Wildman–Crippen MR) is 107 cm³/mol. The third kappa shape index (κ3) is 4.00. The van der Waals surface area contributed by atoms with Gasteiger partial charge in [0.05, 0.1) is 24.1 Å². The monoisotopic (exact) mass is 428 g/mol. The summed E-state index contributed by atoms with van der Waals surface area (Å²) in [6.45, 7) is 2.90. The number of carbonyl (C=O) groups is 1. The summed E-state index contributed by atoms with van der Waals surface area (Å²) in [6, 6.07) is 8.31. The number of aryl methyl sites for hydroxylation is 1. The molecule has 0 aliphatic heterocycles. The van der Waals surface area contributed by atoms with E-state index in [0.717, 1.165) is 4.52 Å². The van der Waals surface area contributed by atoms with Crippen LogP contribution in [0.15, 0.2) is 48.8 Å². The Morgan fingerprint density at radius 2 is 1.94 bits per heavy atom. The average Bonchev–Trinajstić information content (AvgIpc) is 3.39. The van der Waals surface area contributed by atoms with Gasteiger partial charge in [0.15, 0.2) is 5.65 Å². The minimum Gasteiger partial charge on any atom is -0.336 e. The molecule has 0 aliphatic rings. The first-order chi connectivity index (χ1) is 14.9. The number of nitrogens with zero attached hydrogens (tertiary/aromatic N) is 6. The van der Waals surface area contributed by atoms with Gasteiger partial charge in [-0.25, -0.2) is 22.7 Å². The lowest BCUT2D eigenvalue weighted by atomic mass is 10.1. The van der Waals surface area contributed by atoms with E-state index in [4.69, 9.17) is 0 Å². The molecule has 0 atom stereocenters. The van der Waals surface area contributed by atoms with E-state index < -0.39 is 23.8 Å². The van der Waals surface area contributed by atoms with Crippen LogP contribution in [0.1, 0.15) is 35.1 Å². The van der Waals surface area contributed by atoms with Crippen molar-refractivity contribution in [1.29, 1.82) is 0 Å². The molecule has 0 radical (unpaired) electrons. The highest BCUT2D eigenvalue weighted by Gasteiger charge is 2.23. The van der Waals surface area contributed by atoms with E-state index >= 15 is 0 Å². The first-order valence-corrected chi connectivity index (χ1v) is 9.58. The standard InChI is InChI=1S/C21H19F3N6O/c1-3-29-9-8-15(27-29)12-28(2)21(31)16-11-25-30-18(19(23)24)10-17(26-20(16)30)13-4-6-14(22)7-5-13/h4-11,19H,3,12H2,1-2H3. The van der Waals surface area contributed by atoms with Crippen molar-refractivity contribution >= 4 is 11.6 Å². The molecular formula is C21H19F3N6O. The quantitative estimate of drug-likeness (QED) is 0.466. The number of rotatable bonds is 6. The molecule has 160 valence electrons. The van der Waals surface area contributed by atoms with Gasteiger partial charge in [0.1, 0.15) is 17.1 Å². The Kier molecular flexibility index (Phi) is 5.45. The fraction of sp³-hybridized carbons (Fsp3) is 0.238. The summed E-state index contributed by atoms with van der Waals surface area (Å²) in [5.41, 5.74) is 1.03. The normalized spacial score (nSPS) is 11.4. The lowest BCUT2D eigenvalue weighted by Gasteiger charge is -2.15. The molecule has 0 spiro atoms. The smallest absolute Gasteiger partial charge is 0.280 e. The van der Waals surface area contributed by atoms with Gasteiger partial charge >= 0.3 is 0 Å². The van der Waals surface area contributed by atoms with Crippen LogP contribution in [0.4, 0.5) is 13.2 Å². The van der Waals surface area contributed by atoms with Gasteiger partial charge in [-0.05, 0) is 43.3 Å². The molecule has 4 aromatic rings. The van der Waals surface area contributed by atoms with Gasteiger partial charge in [-0.1, -0.05) is 0 Å². The number of benzene rings is 1. The molecule has 0 saturated heterocycles. The molecule has 3 heterocycles. The molecule has 3 aromatic heterocycles. The van der Waals surface area contributed by atoms with Crippen molar-refractivity contribution in [2.24, 2.45) is 0 Å². The highest BCUT2D eigenvalue weighted by atomic mass is 19.3. The number of halogens is 3. The summed E-state index contributed by atoms with van der Waals surface area (Å²) in [6.07, 6.45) is 0.198. The van der Waals surface area contributed by atoms with Crippen LogP contribution in [0, 0.1) is 5.82 Å². The molecule has 10 heteroatoms. The van der Waals surface area contributed by atoms with E-state index in [2.05, 4.69) is 15.2 Å². The predicted octanol–water partition coefficient (Wildman–Crippen LogP) is 3.96. The van der Waals surface area contributed by atoms with E-state index in [0.29, 0.717) is 17.8 Å². The van der Waals surface area contributed by atoms with E-state index in [1.807, 2.05) is 19.2 Å². The van der Waals surface area contributed by atoms with Crippen molar-refractivity contribution in [1.82, 2.24) is 29.3 Å². The zero-order valence-electron chi connectivity index (χ0n) is 16.8. The van der Waals surface area contributed by atoms with E-state index in [-0.39, 0.29) is 23.4 Å². The lowest BCUT2D eigenvalue weighted by Crippen LogP contribution is -2.26. The Labute approximate surface area is 175 Å². The summed E-state index contributed by atoms with van der Waals surface area (Å²) in [4.78, 5) is 18.8. The summed E-state index contributed by atoms with van der Waals surface area (Å²) >= 11 is 0. The molecule has 0 aliphatic carbocycles. The lowest BCUT2D eigenvalue weighted by molar-refractivity contribution is 0.0784. The average molecular weight is 428 g/mol. The maximum atomic E-state index is 13.7. The van der Waals surface area contributed by atoms with Crippen molar-refractivity contribution in [2.45, 2.75) is 26.4 Å². The Morgan fingerprint density at radius 3 is 2.58 bits per heavy atom. The van der Waals surface area contributed by atoms with Crippen LogP contribution >= 0.6 is 0 Å². The van der Waals surface area contributed by atoms with Gasteiger partial charge in [0.2, 0.25) is 0 Å². The van der Waals surface area contributed by atoms with Gasteiger partial charge < -0.3 is 4.90 Å². The van der Waals surface area contributed by atoms with E-state index in [1.54, 1.807) is 11.7 Å². The van der Waals surface area contributed by atoms with E-state index in [9.17, 15) is 18.0 Å². The van der Waals surface area contributed by atoms with Gasteiger partial charge in [-0.15, -0.1) is 0 Å². The third-order valence-electron chi connectivity index (χ3n) is 4.86. The minimum atomic E-state index is -2.84. The van der Waals surface area contributed by atoms with Crippen molar-refractivity contribution < 1.29 is 18.0 Å². The van der Waals surface area contributed by atoms with Crippen LogP contribution in [-0.4, -0.2) is 42.2 Å². The second kappa shape index (κ2) is 8.21. The maximum Gasteiger partial charge on any atom is 0.280 e. The zero-order valence-corrected chi connectivity index (χ0v) is 16.8. The van der Waals surface area contributed by atoms with E-state index in [1.165, 1.54) is 41.4 Å². The third-order valence-corrected chi connectivity index (χ3v) is 4.86. The number of hydrogen-bond donors (Lipinski definition) is 0. The fourth-order valence-corrected chi connectivity index (χ4v) is 3.25. The van der Waals surface area contributed by atoms with Gasteiger partial charge in [-0.3, -0.25) is 9.48 Å². The SMILES string of the molecule is CCn1ccc(CN(C)C(=O)c2cnn3c(C(F)F)cc(-c4ccc(F)cc4)nc23)n1. The molecule has 0 bridgehead atoms. The summed E-state index contributed by atoms with van der Waals surface area (Å²) in [7, 11) is 1.59. The molecular weight excluding hydrogens is 409 g/mol. The van der Waals surface area contributed by atoms with Gasteiger partial charge in [0.25, 0.3) is 12.3 Å². The molecule has 0 unspecified atom stereocenters. The molecule has 0 saturated carbocycles. The summed E-state index contributed by atoms with van der Waals surface area (Å²) < 4.78 is 43.4. The Balaban J connectivity index is 1.73. The summed E-state index contributed by atoms with van der Waals surface area (Å²) in [5, 5.41) is 8.31. The zero-order chi connectivity index (χ0) is 22.1. The first kappa shape index (κ1) is 20.6. The first-order valence-electron chi connectivity index (χ1n) is 9.58. The molecule has 31 heavy (non-hydrogen) atoms. The van der Waals surface area contributed by atoms with Crippen LogP contribution in [0.5, 0.6) is 0 Å². The topological polar surface area (TPSA) is 68.3 Å². The van der Waals surface area contributed by atoms with Crippen LogP contribution in [-0.2, 0) is 13.1 Å².